The Bertz CT molecular complexity index is 378. The molecule has 1 heterocycles. The van der Waals surface area contributed by atoms with Crippen molar-refractivity contribution in [3.8, 4) is 5.75 Å². The summed E-state index contributed by atoms with van der Waals surface area (Å²) in [7, 11) is 1.58. The predicted octanol–water partition coefficient (Wildman–Crippen LogP) is 1.93. The Kier molecular flexibility index (Phi) is 3.97. The van der Waals surface area contributed by atoms with E-state index in [1.165, 1.54) is 25.0 Å². The van der Waals surface area contributed by atoms with Crippen molar-refractivity contribution in [2.75, 3.05) is 26.7 Å². The van der Waals surface area contributed by atoms with Gasteiger partial charge >= 0.3 is 0 Å². The van der Waals surface area contributed by atoms with E-state index in [-0.39, 0.29) is 11.9 Å². The number of methoxy groups -OCH3 is 1. The number of hydrogen-bond donors (Lipinski definition) is 1. The van der Waals surface area contributed by atoms with E-state index in [2.05, 4.69) is 4.90 Å². The summed E-state index contributed by atoms with van der Waals surface area (Å²) in [6, 6.07) is 4.30. The lowest BCUT2D eigenvalue weighted by Gasteiger charge is -2.21. The van der Waals surface area contributed by atoms with Gasteiger partial charge in [-0.3, -0.25) is 0 Å². The highest BCUT2D eigenvalue weighted by Crippen LogP contribution is 2.26. The smallest absolute Gasteiger partial charge is 0.123 e. The number of likely N-dealkylation sites (tertiary alicyclic amines) is 1. The third-order valence-corrected chi connectivity index (χ3v) is 3.24. The fourth-order valence-electron chi connectivity index (χ4n) is 2.34. The summed E-state index contributed by atoms with van der Waals surface area (Å²) in [6.45, 7) is 2.94. The van der Waals surface area contributed by atoms with Crippen LogP contribution in [0.25, 0.3) is 0 Å². The molecule has 17 heavy (non-hydrogen) atoms. The van der Waals surface area contributed by atoms with Gasteiger partial charge in [-0.2, -0.15) is 0 Å². The number of rotatable bonds is 4. The number of nitrogens with two attached hydrogens (primary N) is 1. The van der Waals surface area contributed by atoms with E-state index in [1.54, 1.807) is 13.2 Å². The third-order valence-electron chi connectivity index (χ3n) is 3.24. The van der Waals surface area contributed by atoms with Gasteiger partial charge in [-0.1, -0.05) is 0 Å². The summed E-state index contributed by atoms with van der Waals surface area (Å²) in [5, 5.41) is 0. The highest BCUT2D eigenvalue weighted by molar-refractivity contribution is 5.36. The van der Waals surface area contributed by atoms with Gasteiger partial charge < -0.3 is 15.4 Å². The van der Waals surface area contributed by atoms with Gasteiger partial charge in [-0.25, -0.2) is 4.39 Å². The first-order valence-electron chi connectivity index (χ1n) is 6.02. The second-order valence-electron chi connectivity index (χ2n) is 4.50. The summed E-state index contributed by atoms with van der Waals surface area (Å²) in [5.74, 6) is 0.399. The first-order chi connectivity index (χ1) is 8.20. The number of halogens is 1. The molecule has 94 valence electrons. The van der Waals surface area contributed by atoms with Gasteiger partial charge in [0.1, 0.15) is 11.6 Å². The highest BCUT2D eigenvalue weighted by Gasteiger charge is 2.19. The monoisotopic (exact) mass is 238 g/mol. The lowest BCUT2D eigenvalue weighted by molar-refractivity contribution is 0.311. The van der Waals surface area contributed by atoms with Crippen LogP contribution in [-0.2, 0) is 0 Å². The van der Waals surface area contributed by atoms with Gasteiger partial charge in [0.15, 0.2) is 0 Å². The Labute approximate surface area is 101 Å². The Morgan fingerprint density at radius 1 is 1.41 bits per heavy atom. The number of nitrogens with zero attached hydrogens (tertiary/aromatic N) is 1. The summed E-state index contributed by atoms with van der Waals surface area (Å²) in [5.41, 5.74) is 6.88. The summed E-state index contributed by atoms with van der Waals surface area (Å²) in [4.78, 5) is 2.31. The first-order valence-corrected chi connectivity index (χ1v) is 6.02. The highest BCUT2D eigenvalue weighted by atomic mass is 19.1. The minimum absolute atomic E-state index is 0.196. The second-order valence-corrected chi connectivity index (χ2v) is 4.50. The van der Waals surface area contributed by atoms with Gasteiger partial charge in [0.05, 0.1) is 7.11 Å². The van der Waals surface area contributed by atoms with Crippen molar-refractivity contribution >= 4 is 0 Å². The Morgan fingerprint density at radius 3 is 2.76 bits per heavy atom. The lowest BCUT2D eigenvalue weighted by atomic mass is 10.1. The maximum atomic E-state index is 13.2. The van der Waals surface area contributed by atoms with Crippen LogP contribution in [0, 0.1) is 5.82 Å². The van der Waals surface area contributed by atoms with Gasteiger partial charge in [0.25, 0.3) is 0 Å². The maximum absolute atomic E-state index is 13.2. The molecular weight excluding hydrogens is 219 g/mol. The summed E-state index contributed by atoms with van der Waals surface area (Å²) >= 11 is 0. The van der Waals surface area contributed by atoms with E-state index in [0.29, 0.717) is 5.75 Å². The molecule has 0 amide bonds. The van der Waals surface area contributed by atoms with Crippen LogP contribution in [0.5, 0.6) is 5.75 Å². The van der Waals surface area contributed by atoms with Crippen molar-refractivity contribution in [3.63, 3.8) is 0 Å². The zero-order chi connectivity index (χ0) is 12.3. The van der Waals surface area contributed by atoms with E-state index in [1.807, 2.05) is 0 Å². The molecule has 1 saturated heterocycles. The fourth-order valence-corrected chi connectivity index (χ4v) is 2.34. The molecule has 0 saturated carbocycles. The molecule has 1 atom stereocenters. The summed E-state index contributed by atoms with van der Waals surface area (Å²) < 4.78 is 18.5. The standard InChI is InChI=1S/C13H19FN2O/c1-17-13-5-4-10(14)8-11(13)12(15)9-16-6-2-3-7-16/h4-5,8,12H,2-3,6-7,9,15H2,1H3. The summed E-state index contributed by atoms with van der Waals surface area (Å²) in [6.07, 6.45) is 2.46. The molecular formula is C13H19FN2O. The van der Waals surface area contributed by atoms with Crippen LogP contribution in [-0.4, -0.2) is 31.6 Å². The van der Waals surface area contributed by atoms with Crippen molar-refractivity contribution in [1.82, 2.24) is 4.90 Å². The second kappa shape index (κ2) is 5.47. The average molecular weight is 238 g/mol. The van der Waals surface area contributed by atoms with Crippen LogP contribution in [0.1, 0.15) is 24.4 Å². The van der Waals surface area contributed by atoms with Crippen LogP contribution in [0.15, 0.2) is 18.2 Å². The first kappa shape index (κ1) is 12.3. The Hall–Kier alpha value is -1.13. The number of hydrogen-bond acceptors (Lipinski definition) is 3. The van der Waals surface area contributed by atoms with E-state index in [4.69, 9.17) is 10.5 Å². The molecule has 2 rings (SSSR count). The molecule has 1 fully saturated rings. The minimum atomic E-state index is -0.266. The number of ether oxygens (including phenoxy) is 1. The van der Waals surface area contributed by atoms with Crippen molar-refractivity contribution < 1.29 is 9.13 Å². The van der Waals surface area contributed by atoms with Crippen LogP contribution in [0.2, 0.25) is 0 Å². The molecule has 0 aromatic heterocycles. The number of benzene rings is 1. The Balaban J connectivity index is 2.11. The molecule has 4 heteroatoms. The molecule has 1 aromatic rings. The lowest BCUT2D eigenvalue weighted by Crippen LogP contribution is -2.30. The van der Waals surface area contributed by atoms with Gasteiger partial charge in [-0.05, 0) is 44.1 Å². The molecule has 2 N–H and O–H groups in total. The van der Waals surface area contributed by atoms with Gasteiger partial charge in [0, 0.05) is 18.2 Å². The minimum Gasteiger partial charge on any atom is -0.496 e. The van der Waals surface area contributed by atoms with Crippen LogP contribution in [0.4, 0.5) is 4.39 Å². The Morgan fingerprint density at radius 2 is 2.12 bits per heavy atom. The maximum Gasteiger partial charge on any atom is 0.123 e. The molecule has 1 aliphatic rings. The zero-order valence-electron chi connectivity index (χ0n) is 10.2. The molecule has 1 aromatic carbocycles. The molecule has 0 spiro atoms. The van der Waals surface area contributed by atoms with Gasteiger partial charge in [0.2, 0.25) is 0 Å². The van der Waals surface area contributed by atoms with E-state index in [9.17, 15) is 4.39 Å². The van der Waals surface area contributed by atoms with Crippen molar-refractivity contribution in [3.05, 3.63) is 29.6 Å². The van der Waals surface area contributed by atoms with Crippen molar-refractivity contribution in [2.24, 2.45) is 5.73 Å². The van der Waals surface area contributed by atoms with Crippen LogP contribution >= 0.6 is 0 Å². The molecule has 0 radical (unpaired) electrons. The van der Waals surface area contributed by atoms with Gasteiger partial charge in [-0.15, -0.1) is 0 Å². The molecule has 1 aliphatic heterocycles. The van der Waals surface area contributed by atoms with Crippen LogP contribution in [0.3, 0.4) is 0 Å². The van der Waals surface area contributed by atoms with E-state index in [0.717, 1.165) is 25.2 Å². The molecule has 0 aliphatic carbocycles. The zero-order valence-corrected chi connectivity index (χ0v) is 10.2. The molecule has 3 nitrogen and oxygen atoms in total. The largest absolute Gasteiger partial charge is 0.496 e. The fraction of sp³-hybridized carbons (Fsp3) is 0.538. The quantitative estimate of drug-likeness (QED) is 0.871. The normalized spacial score (nSPS) is 18.3. The van der Waals surface area contributed by atoms with Crippen LogP contribution < -0.4 is 10.5 Å². The van der Waals surface area contributed by atoms with Crippen molar-refractivity contribution in [2.45, 2.75) is 18.9 Å². The van der Waals surface area contributed by atoms with E-state index >= 15 is 0 Å². The van der Waals surface area contributed by atoms with E-state index < -0.39 is 0 Å². The van der Waals surface area contributed by atoms with Crippen molar-refractivity contribution in [1.29, 1.82) is 0 Å². The SMILES string of the molecule is COc1ccc(F)cc1C(N)CN1CCCC1. The topological polar surface area (TPSA) is 38.5 Å². The average Bonchev–Trinajstić information content (AvgIpc) is 2.81. The molecule has 1 unspecified atom stereocenters. The third kappa shape index (κ3) is 2.96. The molecule has 0 bridgehead atoms. The predicted molar refractivity (Wildman–Crippen MR) is 65.6 cm³/mol.